The third-order valence-corrected chi connectivity index (χ3v) is 6.44. The Kier molecular flexibility index (Phi) is 8.10. The summed E-state index contributed by atoms with van der Waals surface area (Å²) in [7, 11) is 0. The van der Waals surface area contributed by atoms with Gasteiger partial charge in [0, 0.05) is 38.2 Å². The molecule has 2 fully saturated rings. The maximum Gasteiger partial charge on any atom is 0.253 e. The third-order valence-electron chi connectivity index (χ3n) is 6.44. The number of piperidine rings is 2. The zero-order valence-electron chi connectivity index (χ0n) is 19.2. The Morgan fingerprint density at radius 1 is 0.935 bits per heavy atom. The monoisotopic (exact) mass is 427 g/mol. The largest absolute Gasteiger partial charge is 0.344 e. The van der Waals surface area contributed by atoms with Crippen molar-refractivity contribution in [3.05, 3.63) is 35.4 Å². The van der Waals surface area contributed by atoms with Gasteiger partial charge in [0.2, 0.25) is 11.8 Å². The minimum Gasteiger partial charge on any atom is -0.344 e. The van der Waals surface area contributed by atoms with E-state index in [-0.39, 0.29) is 29.6 Å². The Hall–Kier alpha value is -2.37. The molecule has 0 bridgehead atoms. The summed E-state index contributed by atoms with van der Waals surface area (Å²) < 4.78 is 0. The first-order chi connectivity index (χ1) is 14.8. The van der Waals surface area contributed by atoms with Gasteiger partial charge in [0.05, 0.1) is 0 Å². The Morgan fingerprint density at radius 3 is 2.13 bits per heavy atom. The molecular formula is C25H37N3O3. The first-order valence-electron chi connectivity index (χ1n) is 11.8. The van der Waals surface area contributed by atoms with Gasteiger partial charge in [-0.2, -0.15) is 0 Å². The van der Waals surface area contributed by atoms with Crippen molar-refractivity contribution in [3.63, 3.8) is 0 Å². The van der Waals surface area contributed by atoms with Gasteiger partial charge in [-0.3, -0.25) is 14.4 Å². The topological polar surface area (TPSA) is 69.7 Å². The molecular weight excluding hydrogens is 390 g/mol. The summed E-state index contributed by atoms with van der Waals surface area (Å²) in [6.07, 6.45) is 5.10. The zero-order valence-corrected chi connectivity index (χ0v) is 19.2. The highest BCUT2D eigenvalue weighted by molar-refractivity contribution is 5.94. The minimum absolute atomic E-state index is 0.0428. The van der Waals surface area contributed by atoms with Crippen molar-refractivity contribution in [1.29, 1.82) is 0 Å². The van der Waals surface area contributed by atoms with E-state index in [9.17, 15) is 14.4 Å². The number of nitrogens with zero attached hydrogens (tertiary/aromatic N) is 2. The maximum atomic E-state index is 13.3. The molecule has 6 nitrogen and oxygen atoms in total. The standard InChI is InChI=1S/C25H37N3O3/c1-18(2)17-22(29)26-23(25(31)27-13-5-4-6-14-27)20-11-15-28(16-12-20)24(30)21-9-7-19(3)8-10-21/h7-10,18,20,23H,4-6,11-17H2,1-3H3,(H,26,29). The molecule has 0 spiro atoms. The molecule has 0 saturated carbocycles. The van der Waals surface area contributed by atoms with Crippen molar-refractivity contribution < 1.29 is 14.4 Å². The first kappa shape index (κ1) is 23.3. The number of hydrogen-bond donors (Lipinski definition) is 1. The summed E-state index contributed by atoms with van der Waals surface area (Å²) in [5.74, 6) is 0.358. The molecule has 1 aromatic carbocycles. The lowest BCUT2D eigenvalue weighted by atomic mass is 9.87. The SMILES string of the molecule is Cc1ccc(C(=O)N2CCC(C(NC(=O)CC(C)C)C(=O)N3CCCCC3)CC2)cc1. The highest BCUT2D eigenvalue weighted by Gasteiger charge is 2.36. The molecule has 170 valence electrons. The lowest BCUT2D eigenvalue weighted by molar-refractivity contribution is -0.139. The van der Waals surface area contributed by atoms with E-state index < -0.39 is 6.04 Å². The molecule has 2 saturated heterocycles. The molecule has 2 aliphatic heterocycles. The summed E-state index contributed by atoms with van der Waals surface area (Å²) in [5.41, 5.74) is 1.83. The molecule has 3 amide bonds. The van der Waals surface area contributed by atoms with E-state index in [1.165, 1.54) is 0 Å². The van der Waals surface area contributed by atoms with Gasteiger partial charge in [-0.15, -0.1) is 0 Å². The quantitative estimate of drug-likeness (QED) is 0.757. The van der Waals surface area contributed by atoms with Gasteiger partial charge in [0.25, 0.3) is 5.91 Å². The molecule has 6 heteroatoms. The molecule has 0 radical (unpaired) electrons. The number of carbonyl (C=O) groups excluding carboxylic acids is 3. The van der Waals surface area contributed by atoms with Gasteiger partial charge in [0.1, 0.15) is 6.04 Å². The molecule has 31 heavy (non-hydrogen) atoms. The van der Waals surface area contributed by atoms with Crippen molar-refractivity contribution >= 4 is 17.7 Å². The normalized spacial score (nSPS) is 18.7. The number of carbonyl (C=O) groups is 3. The number of amides is 3. The van der Waals surface area contributed by atoms with Gasteiger partial charge in [0.15, 0.2) is 0 Å². The van der Waals surface area contributed by atoms with E-state index in [1.54, 1.807) is 0 Å². The second kappa shape index (κ2) is 10.8. The summed E-state index contributed by atoms with van der Waals surface area (Å²) in [4.78, 5) is 42.5. The van der Waals surface area contributed by atoms with Crippen LogP contribution in [0, 0.1) is 18.8 Å². The van der Waals surface area contributed by atoms with Gasteiger partial charge in [-0.1, -0.05) is 31.5 Å². The van der Waals surface area contributed by atoms with Crippen LogP contribution < -0.4 is 5.32 Å². The summed E-state index contributed by atoms with van der Waals surface area (Å²) in [5, 5.41) is 3.06. The summed E-state index contributed by atoms with van der Waals surface area (Å²) in [6, 6.07) is 7.17. The Bertz CT molecular complexity index is 761. The van der Waals surface area contributed by atoms with E-state index in [2.05, 4.69) is 5.32 Å². The molecule has 1 aromatic rings. The van der Waals surface area contributed by atoms with Crippen LogP contribution in [0.15, 0.2) is 24.3 Å². The molecule has 2 aliphatic rings. The van der Waals surface area contributed by atoms with E-state index in [0.717, 1.165) is 50.8 Å². The van der Waals surface area contributed by atoms with Crippen LogP contribution in [0.4, 0.5) is 0 Å². The van der Waals surface area contributed by atoms with E-state index in [4.69, 9.17) is 0 Å². The predicted molar refractivity (Wildman–Crippen MR) is 122 cm³/mol. The van der Waals surface area contributed by atoms with Crippen LogP contribution in [0.2, 0.25) is 0 Å². The van der Waals surface area contributed by atoms with E-state index in [0.29, 0.717) is 25.1 Å². The van der Waals surface area contributed by atoms with Crippen molar-refractivity contribution in [2.75, 3.05) is 26.2 Å². The van der Waals surface area contributed by atoms with E-state index in [1.807, 2.05) is 54.8 Å². The van der Waals surface area contributed by atoms with Crippen LogP contribution in [0.5, 0.6) is 0 Å². The molecule has 0 aromatic heterocycles. The fraction of sp³-hybridized carbons (Fsp3) is 0.640. The molecule has 0 aliphatic carbocycles. The summed E-state index contributed by atoms with van der Waals surface area (Å²) in [6.45, 7) is 8.81. The average Bonchev–Trinajstić information content (AvgIpc) is 2.77. The molecule has 3 rings (SSSR count). The van der Waals surface area contributed by atoms with Gasteiger partial charge < -0.3 is 15.1 Å². The molecule has 1 atom stereocenters. The average molecular weight is 428 g/mol. The van der Waals surface area contributed by atoms with Crippen LogP contribution in [-0.2, 0) is 9.59 Å². The number of rotatable bonds is 6. The zero-order chi connectivity index (χ0) is 22.4. The highest BCUT2D eigenvalue weighted by Crippen LogP contribution is 2.25. The van der Waals surface area contributed by atoms with Gasteiger partial charge >= 0.3 is 0 Å². The van der Waals surface area contributed by atoms with Crippen LogP contribution in [0.3, 0.4) is 0 Å². The smallest absolute Gasteiger partial charge is 0.253 e. The Labute approximate surface area is 186 Å². The van der Waals surface area contributed by atoms with E-state index >= 15 is 0 Å². The summed E-state index contributed by atoms with van der Waals surface area (Å²) >= 11 is 0. The van der Waals surface area contributed by atoms with Gasteiger partial charge in [-0.25, -0.2) is 0 Å². The second-order valence-corrected chi connectivity index (χ2v) is 9.52. The third kappa shape index (κ3) is 6.31. The van der Waals surface area contributed by atoms with Crippen LogP contribution >= 0.6 is 0 Å². The lowest BCUT2D eigenvalue weighted by Gasteiger charge is -2.38. The first-order valence-corrected chi connectivity index (χ1v) is 11.8. The Morgan fingerprint density at radius 2 is 1.55 bits per heavy atom. The number of nitrogens with one attached hydrogen (secondary N) is 1. The van der Waals surface area contributed by atoms with Crippen LogP contribution in [0.1, 0.15) is 68.3 Å². The van der Waals surface area contributed by atoms with Crippen molar-refractivity contribution in [2.45, 2.75) is 65.3 Å². The number of aryl methyl sites for hydroxylation is 1. The Balaban J connectivity index is 1.65. The lowest BCUT2D eigenvalue weighted by Crippen LogP contribution is -2.55. The maximum absolute atomic E-state index is 13.3. The molecule has 1 N–H and O–H groups in total. The highest BCUT2D eigenvalue weighted by atomic mass is 16.2. The van der Waals surface area contributed by atoms with Crippen LogP contribution in [0.25, 0.3) is 0 Å². The number of likely N-dealkylation sites (tertiary alicyclic amines) is 2. The van der Waals surface area contributed by atoms with Crippen molar-refractivity contribution in [1.82, 2.24) is 15.1 Å². The van der Waals surface area contributed by atoms with Gasteiger partial charge in [-0.05, 0) is 63.0 Å². The molecule has 1 unspecified atom stereocenters. The minimum atomic E-state index is -0.485. The van der Waals surface area contributed by atoms with Crippen LogP contribution in [-0.4, -0.2) is 59.7 Å². The second-order valence-electron chi connectivity index (χ2n) is 9.52. The fourth-order valence-corrected chi connectivity index (χ4v) is 4.61. The predicted octanol–water partition coefficient (Wildman–Crippen LogP) is 3.39. The number of hydrogen-bond acceptors (Lipinski definition) is 3. The fourth-order valence-electron chi connectivity index (χ4n) is 4.61. The molecule has 2 heterocycles. The van der Waals surface area contributed by atoms with Crippen molar-refractivity contribution in [2.24, 2.45) is 11.8 Å². The van der Waals surface area contributed by atoms with Crippen molar-refractivity contribution in [3.8, 4) is 0 Å². The number of benzene rings is 1.